The summed E-state index contributed by atoms with van der Waals surface area (Å²) < 4.78 is 9.55. The Hall–Kier alpha value is -0.650. The molecule has 0 atom stereocenters. The highest BCUT2D eigenvalue weighted by Gasteiger charge is 2.11. The summed E-state index contributed by atoms with van der Waals surface area (Å²) in [6.45, 7) is 3.35. The van der Waals surface area contributed by atoms with E-state index >= 15 is 0 Å². The molecule has 1 N–H and O–H groups in total. The molecule has 0 radical (unpaired) electrons. The van der Waals surface area contributed by atoms with Gasteiger partial charge in [0.1, 0.15) is 0 Å². The highest BCUT2D eigenvalue weighted by molar-refractivity contribution is 5.69. The van der Waals surface area contributed by atoms with Gasteiger partial charge in [0.15, 0.2) is 6.79 Å². The lowest BCUT2D eigenvalue weighted by Crippen LogP contribution is -2.37. The molecular formula is C8H15NO4. The molecule has 1 fully saturated rings. The molecule has 5 nitrogen and oxygen atoms in total. The van der Waals surface area contributed by atoms with Gasteiger partial charge in [0.2, 0.25) is 0 Å². The Morgan fingerprint density at radius 1 is 1.46 bits per heavy atom. The number of morpholine rings is 1. The average Bonchev–Trinajstić information content (AvgIpc) is 2.17. The van der Waals surface area contributed by atoms with Crippen molar-refractivity contribution >= 4 is 5.97 Å². The molecule has 1 aliphatic heterocycles. The van der Waals surface area contributed by atoms with Gasteiger partial charge in [-0.05, 0) is 0 Å². The van der Waals surface area contributed by atoms with Crippen molar-refractivity contribution in [3.05, 3.63) is 0 Å². The third kappa shape index (κ3) is 4.21. The number of ether oxygens (including phenoxy) is 2. The highest BCUT2D eigenvalue weighted by atomic mass is 16.6. The van der Waals surface area contributed by atoms with Crippen molar-refractivity contribution in [2.45, 2.75) is 6.42 Å². The summed E-state index contributed by atoms with van der Waals surface area (Å²) in [4.78, 5) is 13.0. The third-order valence-electron chi connectivity index (χ3n) is 1.96. The molecule has 0 aromatic heterocycles. The Morgan fingerprint density at radius 2 is 2.15 bits per heavy atom. The Morgan fingerprint density at radius 3 is 2.77 bits per heavy atom. The van der Waals surface area contributed by atoms with Gasteiger partial charge >= 0.3 is 5.97 Å². The second-order valence-electron chi connectivity index (χ2n) is 2.85. The van der Waals surface area contributed by atoms with Crippen LogP contribution in [0.3, 0.4) is 0 Å². The van der Waals surface area contributed by atoms with Crippen LogP contribution in [0.1, 0.15) is 6.42 Å². The van der Waals surface area contributed by atoms with Crippen LogP contribution >= 0.6 is 0 Å². The van der Waals surface area contributed by atoms with E-state index in [0.717, 1.165) is 26.3 Å². The van der Waals surface area contributed by atoms with E-state index in [1.54, 1.807) is 0 Å². The molecule has 0 aliphatic carbocycles. The second-order valence-corrected chi connectivity index (χ2v) is 2.85. The molecule has 76 valence electrons. The molecule has 0 aromatic carbocycles. The minimum Gasteiger partial charge on any atom is -0.439 e. The molecule has 0 aromatic rings. The van der Waals surface area contributed by atoms with Crippen LogP contribution in [-0.2, 0) is 14.3 Å². The van der Waals surface area contributed by atoms with Gasteiger partial charge in [-0.1, -0.05) is 0 Å². The van der Waals surface area contributed by atoms with Gasteiger partial charge in [0.25, 0.3) is 0 Å². The molecule has 13 heavy (non-hydrogen) atoms. The van der Waals surface area contributed by atoms with E-state index in [4.69, 9.17) is 9.84 Å². The Labute approximate surface area is 77.2 Å². The lowest BCUT2D eigenvalue weighted by atomic mass is 10.3. The number of hydrogen-bond acceptors (Lipinski definition) is 5. The Kier molecular flexibility index (Phi) is 4.74. The summed E-state index contributed by atoms with van der Waals surface area (Å²) in [5.74, 6) is -0.353. The van der Waals surface area contributed by atoms with Crippen molar-refractivity contribution in [2.75, 3.05) is 39.6 Å². The molecule has 1 heterocycles. The predicted molar refractivity (Wildman–Crippen MR) is 45.1 cm³/mol. The first-order valence-corrected chi connectivity index (χ1v) is 4.39. The zero-order valence-corrected chi connectivity index (χ0v) is 7.57. The van der Waals surface area contributed by atoms with Crippen LogP contribution in [0.2, 0.25) is 0 Å². The quantitative estimate of drug-likeness (QED) is 0.463. The number of aliphatic hydroxyl groups is 1. The minimum atomic E-state index is -0.526. The van der Waals surface area contributed by atoms with E-state index < -0.39 is 6.79 Å². The van der Waals surface area contributed by atoms with Gasteiger partial charge in [-0.15, -0.1) is 0 Å². The molecule has 1 aliphatic rings. The maximum Gasteiger partial charge on any atom is 0.309 e. The molecular weight excluding hydrogens is 174 g/mol. The van der Waals surface area contributed by atoms with Crippen LogP contribution in [0.15, 0.2) is 0 Å². The lowest BCUT2D eigenvalue weighted by molar-refractivity contribution is -0.152. The van der Waals surface area contributed by atoms with E-state index in [1.807, 2.05) is 0 Å². The largest absolute Gasteiger partial charge is 0.439 e. The summed E-state index contributed by atoms with van der Waals surface area (Å²) in [5.41, 5.74) is 0. The van der Waals surface area contributed by atoms with Gasteiger partial charge in [-0.25, -0.2) is 0 Å². The topological polar surface area (TPSA) is 59.0 Å². The first kappa shape index (κ1) is 10.4. The average molecular weight is 189 g/mol. The lowest BCUT2D eigenvalue weighted by Gasteiger charge is -2.25. The van der Waals surface area contributed by atoms with Crippen LogP contribution in [0, 0.1) is 0 Å². The van der Waals surface area contributed by atoms with E-state index in [2.05, 4.69) is 9.64 Å². The zero-order valence-electron chi connectivity index (χ0n) is 7.57. The summed E-state index contributed by atoms with van der Waals surface area (Å²) in [5, 5.41) is 8.30. The number of carbonyl (C=O) groups excluding carboxylic acids is 1. The van der Waals surface area contributed by atoms with Gasteiger partial charge in [0.05, 0.1) is 19.6 Å². The maximum absolute atomic E-state index is 10.8. The van der Waals surface area contributed by atoms with Crippen molar-refractivity contribution in [1.82, 2.24) is 4.90 Å². The van der Waals surface area contributed by atoms with Crippen molar-refractivity contribution in [3.63, 3.8) is 0 Å². The number of aliphatic hydroxyl groups excluding tert-OH is 1. The van der Waals surface area contributed by atoms with Crippen LogP contribution in [-0.4, -0.2) is 55.6 Å². The van der Waals surface area contributed by atoms with Gasteiger partial charge in [0, 0.05) is 19.6 Å². The van der Waals surface area contributed by atoms with E-state index in [9.17, 15) is 4.79 Å². The number of nitrogens with zero attached hydrogens (tertiary/aromatic N) is 1. The standard InChI is InChI=1S/C8H15NO4/c10-7-13-8(11)1-2-9-3-5-12-6-4-9/h10H,1-7H2. The fourth-order valence-electron chi connectivity index (χ4n) is 1.22. The monoisotopic (exact) mass is 189 g/mol. The number of rotatable bonds is 4. The van der Waals surface area contributed by atoms with E-state index in [-0.39, 0.29) is 5.97 Å². The Balaban J connectivity index is 2.06. The minimum absolute atomic E-state index is 0.334. The SMILES string of the molecule is O=C(CCN1CCOCC1)OCO. The van der Waals surface area contributed by atoms with Crippen molar-refractivity contribution in [2.24, 2.45) is 0 Å². The van der Waals surface area contributed by atoms with E-state index in [0.29, 0.717) is 13.0 Å². The summed E-state index contributed by atoms with van der Waals surface area (Å²) >= 11 is 0. The first-order chi connectivity index (χ1) is 6.33. The highest BCUT2D eigenvalue weighted by Crippen LogP contribution is 1.98. The molecule has 0 saturated carbocycles. The normalized spacial score (nSPS) is 18.5. The number of esters is 1. The summed E-state index contributed by atoms with van der Waals surface area (Å²) in [7, 11) is 0. The number of hydrogen-bond donors (Lipinski definition) is 1. The van der Waals surface area contributed by atoms with Gasteiger partial charge in [-0.2, -0.15) is 0 Å². The first-order valence-electron chi connectivity index (χ1n) is 4.39. The molecule has 5 heteroatoms. The molecule has 1 saturated heterocycles. The second kappa shape index (κ2) is 5.90. The van der Waals surface area contributed by atoms with E-state index in [1.165, 1.54) is 0 Å². The number of carbonyl (C=O) groups is 1. The van der Waals surface area contributed by atoms with Crippen LogP contribution < -0.4 is 0 Å². The van der Waals surface area contributed by atoms with Crippen molar-refractivity contribution in [1.29, 1.82) is 0 Å². The van der Waals surface area contributed by atoms with Gasteiger partial charge < -0.3 is 14.6 Å². The van der Waals surface area contributed by atoms with Gasteiger partial charge in [-0.3, -0.25) is 9.69 Å². The van der Waals surface area contributed by atoms with Crippen LogP contribution in [0.4, 0.5) is 0 Å². The Bertz CT molecular complexity index is 156. The predicted octanol–water partition coefficient (Wildman–Crippen LogP) is -0.798. The van der Waals surface area contributed by atoms with Crippen molar-refractivity contribution in [3.8, 4) is 0 Å². The summed E-state index contributed by atoms with van der Waals surface area (Å²) in [6.07, 6.45) is 0.334. The zero-order chi connectivity index (χ0) is 9.52. The molecule has 1 rings (SSSR count). The third-order valence-corrected chi connectivity index (χ3v) is 1.96. The summed E-state index contributed by atoms with van der Waals surface area (Å²) in [6, 6.07) is 0. The fraction of sp³-hybridized carbons (Fsp3) is 0.875. The molecule has 0 spiro atoms. The molecule has 0 amide bonds. The fourth-order valence-corrected chi connectivity index (χ4v) is 1.22. The smallest absolute Gasteiger partial charge is 0.309 e. The molecule has 0 unspecified atom stereocenters. The van der Waals surface area contributed by atoms with Crippen LogP contribution in [0.25, 0.3) is 0 Å². The molecule has 0 bridgehead atoms. The maximum atomic E-state index is 10.8. The van der Waals surface area contributed by atoms with Crippen LogP contribution in [0.5, 0.6) is 0 Å². The van der Waals surface area contributed by atoms with Crippen molar-refractivity contribution < 1.29 is 19.4 Å².